The van der Waals surface area contributed by atoms with Gasteiger partial charge in [-0.25, -0.2) is 4.39 Å². The number of piperidine rings is 1. The minimum Gasteiger partial charge on any atom is -0.491 e. The topological polar surface area (TPSA) is 41.5 Å². The van der Waals surface area contributed by atoms with Gasteiger partial charge in [-0.3, -0.25) is 0 Å². The highest BCUT2D eigenvalue weighted by atomic mass is 19.1. The molecule has 1 saturated heterocycles. The lowest BCUT2D eigenvalue weighted by Gasteiger charge is -2.36. The third-order valence-electron chi connectivity index (χ3n) is 3.95. The summed E-state index contributed by atoms with van der Waals surface area (Å²) in [7, 11) is 0. The maximum atomic E-state index is 13.9. The van der Waals surface area contributed by atoms with Gasteiger partial charge < -0.3 is 15.2 Å². The minimum absolute atomic E-state index is 0.158. The fourth-order valence-electron chi connectivity index (χ4n) is 2.71. The van der Waals surface area contributed by atoms with Crippen LogP contribution >= 0.6 is 0 Å². The quantitative estimate of drug-likeness (QED) is 0.880. The van der Waals surface area contributed by atoms with Gasteiger partial charge in [0.05, 0.1) is 12.2 Å². The molecule has 3 nitrogen and oxygen atoms in total. The molecule has 106 valence electrons. The van der Waals surface area contributed by atoms with E-state index in [1.165, 1.54) is 6.07 Å². The zero-order valence-corrected chi connectivity index (χ0v) is 11.6. The molecule has 1 heterocycles. The molecular weight excluding hydrogens is 245 g/mol. The van der Waals surface area contributed by atoms with Crippen molar-refractivity contribution in [3.8, 4) is 5.75 Å². The van der Waals surface area contributed by atoms with Crippen LogP contribution < -0.4 is 10.1 Å². The highest BCUT2D eigenvalue weighted by molar-refractivity contribution is 5.32. The van der Waals surface area contributed by atoms with Crippen LogP contribution in [0.4, 0.5) is 4.39 Å². The summed E-state index contributed by atoms with van der Waals surface area (Å²) in [5, 5.41) is 14.0. The Kier molecular flexibility index (Phi) is 4.42. The fourth-order valence-corrected chi connectivity index (χ4v) is 2.71. The van der Waals surface area contributed by atoms with E-state index in [1.54, 1.807) is 19.1 Å². The van der Waals surface area contributed by atoms with Gasteiger partial charge in [-0.1, -0.05) is 6.07 Å². The third kappa shape index (κ3) is 3.07. The van der Waals surface area contributed by atoms with Crippen LogP contribution in [0.5, 0.6) is 5.75 Å². The highest BCUT2D eigenvalue weighted by Crippen LogP contribution is 2.36. The van der Waals surface area contributed by atoms with Crippen molar-refractivity contribution in [3.63, 3.8) is 0 Å². The van der Waals surface area contributed by atoms with E-state index in [2.05, 4.69) is 5.32 Å². The summed E-state index contributed by atoms with van der Waals surface area (Å²) < 4.78 is 19.1. The zero-order valence-electron chi connectivity index (χ0n) is 11.6. The Bertz CT molecular complexity index is 428. The summed E-state index contributed by atoms with van der Waals surface area (Å²) in [6.45, 7) is 5.83. The number of rotatable bonds is 4. The van der Waals surface area contributed by atoms with Gasteiger partial charge in [0.2, 0.25) is 0 Å². The van der Waals surface area contributed by atoms with Gasteiger partial charge in [0.15, 0.2) is 11.6 Å². The van der Waals surface area contributed by atoms with Crippen molar-refractivity contribution < 1.29 is 14.2 Å². The van der Waals surface area contributed by atoms with Gasteiger partial charge in [0.25, 0.3) is 0 Å². The molecule has 0 radical (unpaired) electrons. The molecule has 1 atom stereocenters. The molecule has 1 aromatic carbocycles. The summed E-state index contributed by atoms with van der Waals surface area (Å²) in [6, 6.07) is 4.76. The lowest BCUT2D eigenvalue weighted by molar-refractivity contribution is -0.0189. The molecule has 1 aromatic rings. The molecule has 2 rings (SSSR count). The molecule has 1 unspecified atom stereocenters. The average molecular weight is 267 g/mol. The van der Waals surface area contributed by atoms with E-state index in [-0.39, 0.29) is 11.7 Å². The Morgan fingerprint density at radius 3 is 2.68 bits per heavy atom. The lowest BCUT2D eigenvalue weighted by atomic mass is 9.78. The van der Waals surface area contributed by atoms with Crippen LogP contribution in [0, 0.1) is 11.7 Å². The van der Waals surface area contributed by atoms with E-state index >= 15 is 0 Å². The summed E-state index contributed by atoms with van der Waals surface area (Å²) in [4.78, 5) is 0. The van der Waals surface area contributed by atoms with Crippen molar-refractivity contribution in [2.75, 3.05) is 19.7 Å². The number of hydrogen-bond donors (Lipinski definition) is 2. The van der Waals surface area contributed by atoms with Crippen molar-refractivity contribution in [3.05, 3.63) is 29.6 Å². The van der Waals surface area contributed by atoms with Gasteiger partial charge in [0.1, 0.15) is 0 Å². The number of hydrogen-bond acceptors (Lipinski definition) is 3. The van der Waals surface area contributed by atoms with Crippen molar-refractivity contribution >= 4 is 0 Å². The molecule has 1 aliphatic heterocycles. The normalized spacial score (nSPS) is 20.0. The monoisotopic (exact) mass is 267 g/mol. The lowest BCUT2D eigenvalue weighted by Crippen LogP contribution is -2.39. The Balaban J connectivity index is 2.21. The van der Waals surface area contributed by atoms with E-state index in [4.69, 9.17) is 4.74 Å². The highest BCUT2D eigenvalue weighted by Gasteiger charge is 2.34. The second kappa shape index (κ2) is 5.88. The van der Waals surface area contributed by atoms with Crippen LogP contribution in [0.1, 0.15) is 32.3 Å². The van der Waals surface area contributed by atoms with E-state index < -0.39 is 11.4 Å². The standard InChI is InChI=1S/C15H22FNO2/c1-3-19-14-5-4-12(10-13(14)16)15(2,18)11-6-8-17-9-7-11/h4-5,10-11,17-18H,3,6-9H2,1-2H3. The van der Waals surface area contributed by atoms with Gasteiger partial charge in [0, 0.05) is 0 Å². The molecule has 4 heteroatoms. The van der Waals surface area contributed by atoms with Crippen molar-refractivity contribution in [2.24, 2.45) is 5.92 Å². The predicted molar refractivity (Wildman–Crippen MR) is 72.7 cm³/mol. The van der Waals surface area contributed by atoms with Crippen LogP contribution in [0.15, 0.2) is 18.2 Å². The maximum absolute atomic E-state index is 13.9. The van der Waals surface area contributed by atoms with Crippen LogP contribution in [0.3, 0.4) is 0 Å². The summed E-state index contributed by atoms with van der Waals surface area (Å²) in [5.74, 6) is -0.00739. The maximum Gasteiger partial charge on any atom is 0.165 e. The first-order valence-corrected chi connectivity index (χ1v) is 6.91. The summed E-state index contributed by atoms with van der Waals surface area (Å²) in [5.41, 5.74) is -0.367. The van der Waals surface area contributed by atoms with Gasteiger partial charge in [-0.05, 0) is 63.4 Å². The molecule has 19 heavy (non-hydrogen) atoms. The Hall–Kier alpha value is -1.13. The number of nitrogens with one attached hydrogen (secondary N) is 1. The largest absolute Gasteiger partial charge is 0.491 e. The Morgan fingerprint density at radius 1 is 1.42 bits per heavy atom. The van der Waals surface area contributed by atoms with Crippen molar-refractivity contribution in [2.45, 2.75) is 32.3 Å². The second-order valence-corrected chi connectivity index (χ2v) is 5.25. The zero-order chi connectivity index (χ0) is 13.9. The minimum atomic E-state index is -0.992. The summed E-state index contributed by atoms with van der Waals surface area (Å²) >= 11 is 0. The molecule has 0 bridgehead atoms. The molecule has 0 saturated carbocycles. The molecule has 2 N–H and O–H groups in total. The molecule has 1 fully saturated rings. The van der Waals surface area contributed by atoms with Gasteiger partial charge >= 0.3 is 0 Å². The van der Waals surface area contributed by atoms with Crippen LogP contribution in [-0.4, -0.2) is 24.8 Å². The van der Waals surface area contributed by atoms with E-state index in [9.17, 15) is 9.50 Å². The van der Waals surface area contributed by atoms with E-state index in [0.29, 0.717) is 12.2 Å². The number of aliphatic hydroxyl groups is 1. The van der Waals surface area contributed by atoms with Crippen molar-refractivity contribution in [1.29, 1.82) is 0 Å². The van der Waals surface area contributed by atoms with Gasteiger partial charge in [-0.2, -0.15) is 0 Å². The smallest absolute Gasteiger partial charge is 0.165 e. The van der Waals surface area contributed by atoms with Crippen LogP contribution in [0.2, 0.25) is 0 Å². The molecule has 0 spiro atoms. The first-order valence-electron chi connectivity index (χ1n) is 6.91. The molecule has 0 aromatic heterocycles. The average Bonchev–Trinajstić information content (AvgIpc) is 2.42. The summed E-state index contributed by atoms with van der Waals surface area (Å²) in [6.07, 6.45) is 1.81. The number of benzene rings is 1. The first kappa shape index (κ1) is 14.3. The first-order chi connectivity index (χ1) is 9.05. The SMILES string of the molecule is CCOc1ccc(C(C)(O)C2CCNCC2)cc1F. The fraction of sp³-hybridized carbons (Fsp3) is 0.600. The predicted octanol–water partition coefficient (Wildman–Crippen LogP) is 2.43. The van der Waals surface area contributed by atoms with E-state index in [1.807, 2.05) is 6.92 Å². The second-order valence-electron chi connectivity index (χ2n) is 5.25. The molecule has 0 amide bonds. The number of halogens is 1. The van der Waals surface area contributed by atoms with Crippen LogP contribution in [-0.2, 0) is 5.60 Å². The number of ether oxygens (including phenoxy) is 1. The Morgan fingerprint density at radius 2 is 2.11 bits per heavy atom. The van der Waals surface area contributed by atoms with Crippen LogP contribution in [0.25, 0.3) is 0 Å². The third-order valence-corrected chi connectivity index (χ3v) is 3.95. The Labute approximate surface area is 113 Å². The van der Waals surface area contributed by atoms with Gasteiger partial charge in [-0.15, -0.1) is 0 Å². The molecule has 1 aliphatic rings. The van der Waals surface area contributed by atoms with Crippen molar-refractivity contribution in [1.82, 2.24) is 5.32 Å². The van der Waals surface area contributed by atoms with E-state index in [0.717, 1.165) is 25.9 Å². The molecule has 0 aliphatic carbocycles. The molecular formula is C15H22FNO2.